The molecule has 1 aliphatic heterocycles. The van der Waals surface area contributed by atoms with Crippen LogP contribution >= 0.6 is 0 Å². The molecule has 0 atom stereocenters. The van der Waals surface area contributed by atoms with Crippen LogP contribution in [0.5, 0.6) is 0 Å². The summed E-state index contributed by atoms with van der Waals surface area (Å²) in [6.07, 6.45) is 0. The molecule has 0 unspecified atom stereocenters. The summed E-state index contributed by atoms with van der Waals surface area (Å²) in [4.78, 5) is 16.0. The van der Waals surface area contributed by atoms with Crippen molar-refractivity contribution >= 4 is 15.9 Å². The first-order chi connectivity index (χ1) is 9.36. The van der Waals surface area contributed by atoms with Gasteiger partial charge in [-0.3, -0.25) is 9.69 Å². The summed E-state index contributed by atoms with van der Waals surface area (Å²) >= 11 is 0. The van der Waals surface area contributed by atoms with E-state index in [9.17, 15) is 17.8 Å². The Morgan fingerprint density at radius 2 is 1.67 bits per heavy atom. The maximum atomic E-state index is 12.1. The summed E-state index contributed by atoms with van der Waals surface area (Å²) in [5.41, 5.74) is 0.427. The predicted molar refractivity (Wildman–Crippen MR) is 72.7 cm³/mol. The van der Waals surface area contributed by atoms with Gasteiger partial charge in [-0.1, -0.05) is 12.1 Å². The summed E-state index contributed by atoms with van der Waals surface area (Å²) in [5.74, 6) is -0.0654. The van der Waals surface area contributed by atoms with Gasteiger partial charge in [0, 0.05) is 31.7 Å². The molecule has 0 radical (unpaired) electrons. The van der Waals surface area contributed by atoms with Gasteiger partial charge in [0.15, 0.2) is 5.78 Å². The van der Waals surface area contributed by atoms with Gasteiger partial charge < -0.3 is 9.45 Å². The number of ketones is 1. The quantitative estimate of drug-likeness (QED) is 0.335. The van der Waals surface area contributed by atoms with Gasteiger partial charge in [-0.25, -0.2) is 8.42 Å². The van der Waals surface area contributed by atoms with E-state index in [1.54, 1.807) is 0 Å². The Bertz CT molecular complexity index is 581. The zero-order chi connectivity index (χ0) is 14.8. The average Bonchev–Trinajstić information content (AvgIpc) is 2.40. The van der Waals surface area contributed by atoms with Crippen LogP contribution in [0.15, 0.2) is 29.2 Å². The maximum absolute atomic E-state index is 12.1. The summed E-state index contributed by atoms with van der Waals surface area (Å²) in [6, 6.07) is 5.14. The minimum absolute atomic E-state index is 0. The van der Waals surface area contributed by atoms with Gasteiger partial charge in [0.2, 0.25) is 0 Å². The molecule has 0 aliphatic carbocycles. The molecular weight excluding hydrogens is 303 g/mol. The van der Waals surface area contributed by atoms with E-state index in [0.717, 1.165) is 26.2 Å². The number of piperazine rings is 1. The van der Waals surface area contributed by atoms with Crippen molar-refractivity contribution in [2.45, 2.75) is 4.90 Å². The molecule has 0 saturated carbocycles. The van der Waals surface area contributed by atoms with Crippen LogP contribution in [0.2, 0.25) is 0 Å². The normalized spacial score (nSPS) is 17.2. The third kappa shape index (κ3) is 5.45. The van der Waals surface area contributed by atoms with Crippen molar-refractivity contribution in [1.29, 1.82) is 0 Å². The van der Waals surface area contributed by atoms with Crippen LogP contribution in [0.1, 0.15) is 10.4 Å². The summed E-state index contributed by atoms with van der Waals surface area (Å²) in [5, 5.41) is 0. The van der Waals surface area contributed by atoms with Crippen molar-refractivity contribution in [1.82, 2.24) is 9.80 Å². The second kappa shape index (κ2) is 7.82. The van der Waals surface area contributed by atoms with Crippen molar-refractivity contribution in [3.05, 3.63) is 29.8 Å². The molecule has 0 aromatic heterocycles. The predicted octanol–water partition coefficient (Wildman–Crippen LogP) is -2.98. The molecule has 110 valence electrons. The summed E-state index contributed by atoms with van der Waals surface area (Å²) in [7, 11) is -2.41. The number of hydrogen-bond acceptors (Lipinski definition) is 6. The first kappa shape index (κ1) is 18.8. The van der Waals surface area contributed by atoms with Gasteiger partial charge in [0.1, 0.15) is 10.1 Å². The number of nitrogens with zero attached hydrogens (tertiary/aromatic N) is 2. The molecule has 0 N–H and O–H groups in total. The zero-order valence-corrected chi connectivity index (χ0v) is 15.1. The average molecular weight is 320 g/mol. The van der Waals surface area contributed by atoms with Crippen molar-refractivity contribution in [2.75, 3.05) is 39.8 Å². The van der Waals surface area contributed by atoms with E-state index >= 15 is 0 Å². The third-order valence-electron chi connectivity index (χ3n) is 3.43. The number of benzene rings is 1. The van der Waals surface area contributed by atoms with Crippen molar-refractivity contribution in [2.24, 2.45) is 0 Å². The second-order valence-corrected chi connectivity index (χ2v) is 6.36. The molecule has 1 aliphatic rings. The summed E-state index contributed by atoms with van der Waals surface area (Å²) < 4.78 is 32.4. The first-order valence-corrected chi connectivity index (χ1v) is 7.77. The standard InChI is InChI=1S/C13H18N2O4S.Na/c1-14-6-8-15(9-7-14)10-13(16)11-2-4-12(5-3-11)20(17,18)19;/h2-5H,6-10H2,1H3,(H,17,18,19);/q;+1/p-1. The van der Waals surface area contributed by atoms with Crippen LogP contribution in [-0.2, 0) is 10.1 Å². The van der Waals surface area contributed by atoms with Gasteiger partial charge in [-0.2, -0.15) is 0 Å². The third-order valence-corrected chi connectivity index (χ3v) is 4.28. The number of Topliss-reactive ketones (excluding diaryl/α,β-unsaturated/α-hetero) is 1. The van der Waals surface area contributed by atoms with Crippen molar-refractivity contribution < 1.29 is 47.3 Å². The molecule has 0 amide bonds. The fourth-order valence-corrected chi connectivity index (χ4v) is 2.58. The van der Waals surface area contributed by atoms with Gasteiger partial charge in [-0.15, -0.1) is 0 Å². The molecule has 8 heteroatoms. The second-order valence-electron chi connectivity index (χ2n) is 4.98. The Kier molecular flexibility index (Phi) is 6.99. The maximum Gasteiger partial charge on any atom is 1.00 e. The minimum atomic E-state index is -4.46. The topological polar surface area (TPSA) is 80.8 Å². The Balaban J connectivity index is 0.00000220. The van der Waals surface area contributed by atoms with Crippen molar-refractivity contribution in [3.63, 3.8) is 0 Å². The fourth-order valence-electron chi connectivity index (χ4n) is 2.11. The van der Waals surface area contributed by atoms with Crippen molar-refractivity contribution in [3.8, 4) is 0 Å². The molecule has 1 heterocycles. The first-order valence-electron chi connectivity index (χ1n) is 6.36. The monoisotopic (exact) mass is 320 g/mol. The van der Waals surface area contributed by atoms with Crippen LogP contribution in [0.25, 0.3) is 0 Å². The fraction of sp³-hybridized carbons (Fsp3) is 0.462. The molecule has 21 heavy (non-hydrogen) atoms. The van der Waals surface area contributed by atoms with E-state index < -0.39 is 10.1 Å². The minimum Gasteiger partial charge on any atom is -0.744 e. The van der Waals surface area contributed by atoms with Gasteiger partial charge in [0.25, 0.3) is 0 Å². The number of hydrogen-bond donors (Lipinski definition) is 0. The van der Waals surface area contributed by atoms with E-state index in [4.69, 9.17) is 0 Å². The molecular formula is C13H17N2NaO4S. The van der Waals surface area contributed by atoms with E-state index in [1.165, 1.54) is 24.3 Å². The van der Waals surface area contributed by atoms with Crippen LogP contribution in [-0.4, -0.2) is 68.3 Å². The molecule has 1 aromatic carbocycles. The van der Waals surface area contributed by atoms with Crippen LogP contribution in [0, 0.1) is 0 Å². The molecule has 0 spiro atoms. The van der Waals surface area contributed by atoms with E-state index in [1.807, 2.05) is 7.05 Å². The molecule has 0 bridgehead atoms. The molecule has 1 aromatic rings. The SMILES string of the molecule is CN1CCN(CC(=O)c2ccc(S(=O)(=O)[O-])cc2)CC1.[Na+]. The van der Waals surface area contributed by atoms with E-state index in [-0.39, 0.29) is 40.2 Å². The Hall–Kier alpha value is -0.280. The zero-order valence-electron chi connectivity index (χ0n) is 12.3. The number of carbonyl (C=O) groups is 1. The van der Waals surface area contributed by atoms with Gasteiger partial charge >= 0.3 is 29.6 Å². The molecule has 6 nitrogen and oxygen atoms in total. The smallest absolute Gasteiger partial charge is 0.744 e. The number of carbonyl (C=O) groups excluding carboxylic acids is 1. The van der Waals surface area contributed by atoms with Crippen LogP contribution in [0.3, 0.4) is 0 Å². The number of likely N-dealkylation sites (N-methyl/N-ethyl adjacent to an activating group) is 1. The Morgan fingerprint density at radius 3 is 2.14 bits per heavy atom. The molecule has 2 rings (SSSR count). The largest absolute Gasteiger partial charge is 1.00 e. The van der Waals surface area contributed by atoms with E-state index in [2.05, 4.69) is 9.80 Å². The van der Waals surface area contributed by atoms with Gasteiger partial charge in [0.05, 0.1) is 11.4 Å². The Labute approximate surface area is 147 Å². The van der Waals surface area contributed by atoms with Crippen LogP contribution in [0.4, 0.5) is 0 Å². The molecule has 1 saturated heterocycles. The summed E-state index contributed by atoms with van der Waals surface area (Å²) in [6.45, 7) is 3.86. The van der Waals surface area contributed by atoms with Gasteiger partial charge in [-0.05, 0) is 19.2 Å². The molecule has 1 fully saturated rings. The van der Waals surface area contributed by atoms with E-state index in [0.29, 0.717) is 12.1 Å². The number of rotatable bonds is 4. The van der Waals surface area contributed by atoms with Crippen LogP contribution < -0.4 is 29.6 Å². The Morgan fingerprint density at radius 1 is 1.14 bits per heavy atom.